The molecule has 0 bridgehead atoms. The molecule has 0 spiro atoms. The van der Waals surface area contributed by atoms with E-state index in [4.69, 9.17) is 29.9 Å². The third-order valence-corrected chi connectivity index (χ3v) is 12.8. The van der Waals surface area contributed by atoms with Gasteiger partial charge in [0, 0.05) is 53.4 Å². The van der Waals surface area contributed by atoms with Crippen molar-refractivity contribution in [1.29, 1.82) is 0 Å². The van der Waals surface area contributed by atoms with Gasteiger partial charge in [0.1, 0.15) is 0 Å². The molecule has 1 aliphatic carbocycles. The lowest BCUT2D eigenvalue weighted by Gasteiger charge is -2.13. The maximum Gasteiger partial charge on any atom is 0.238 e. The van der Waals surface area contributed by atoms with Crippen LogP contribution >= 0.6 is 11.3 Å². The number of fused-ring (bicyclic) bond motifs is 6. The highest BCUT2D eigenvalue weighted by Crippen LogP contribution is 2.42. The van der Waals surface area contributed by atoms with Crippen LogP contribution in [-0.4, -0.2) is 34.5 Å². The highest BCUT2D eigenvalue weighted by Gasteiger charge is 2.23. The average Bonchev–Trinajstić information content (AvgIpc) is 3.90. The van der Waals surface area contributed by atoms with Gasteiger partial charge in [-0.1, -0.05) is 164 Å². The van der Waals surface area contributed by atoms with Crippen molar-refractivity contribution in [1.82, 2.24) is 34.5 Å². The second kappa shape index (κ2) is 15.0. The Balaban J connectivity index is 0.999. The van der Waals surface area contributed by atoms with Crippen LogP contribution in [0.3, 0.4) is 0 Å². The van der Waals surface area contributed by atoms with E-state index in [2.05, 4.69) is 138 Å². The summed E-state index contributed by atoms with van der Waals surface area (Å²) in [6, 6.07) is 60.6. The monoisotopic (exact) mass is 813 g/mol. The van der Waals surface area contributed by atoms with Crippen molar-refractivity contribution in [2.24, 2.45) is 0 Å². The number of allylic oxidation sites excluding steroid dienone is 1. The van der Waals surface area contributed by atoms with Gasteiger partial charge in [-0.2, -0.15) is 9.97 Å². The lowest BCUT2D eigenvalue weighted by Crippen LogP contribution is -2.08. The summed E-state index contributed by atoms with van der Waals surface area (Å²) in [5.41, 5.74) is 10.5. The van der Waals surface area contributed by atoms with Crippen LogP contribution in [0.5, 0.6) is 0 Å². The van der Waals surface area contributed by atoms with Gasteiger partial charge in [-0.3, -0.25) is 4.57 Å². The first kappa shape index (κ1) is 36.0. The summed E-state index contributed by atoms with van der Waals surface area (Å²) in [6.45, 7) is 0. The maximum absolute atomic E-state index is 5.30. The van der Waals surface area contributed by atoms with Gasteiger partial charge in [0.15, 0.2) is 29.1 Å². The first-order chi connectivity index (χ1) is 30.7. The topological polar surface area (TPSA) is 82.3 Å². The molecule has 0 fully saturated rings. The molecule has 292 valence electrons. The van der Waals surface area contributed by atoms with E-state index >= 15 is 0 Å². The number of hydrogen-bond acceptors (Lipinski definition) is 7. The first-order valence-corrected chi connectivity index (χ1v) is 21.6. The summed E-state index contributed by atoms with van der Waals surface area (Å²) in [7, 11) is 0. The molecule has 0 saturated heterocycles. The molecule has 0 saturated carbocycles. The minimum Gasteiger partial charge on any atom is -0.278 e. The molecule has 0 atom stereocenters. The molecular weight excluding hydrogens is 779 g/mol. The Morgan fingerprint density at radius 2 is 0.952 bits per heavy atom. The van der Waals surface area contributed by atoms with Gasteiger partial charge >= 0.3 is 0 Å². The molecule has 0 amide bonds. The summed E-state index contributed by atoms with van der Waals surface area (Å²) in [4.78, 5) is 30.8. The Morgan fingerprint density at radius 3 is 1.68 bits per heavy atom. The second-order valence-corrected chi connectivity index (χ2v) is 16.5. The molecule has 7 aromatic carbocycles. The zero-order chi connectivity index (χ0) is 41.0. The number of nitrogens with zero attached hydrogens (tertiary/aromatic N) is 7. The molecule has 0 N–H and O–H groups in total. The van der Waals surface area contributed by atoms with Crippen molar-refractivity contribution < 1.29 is 0 Å². The third-order valence-electron chi connectivity index (χ3n) is 11.6. The zero-order valence-electron chi connectivity index (χ0n) is 33.4. The SMILES string of the molecule is C1=Cc2c(c3ccccc3n2-c2nc(-c3ccccc3)nc(-c3cccc4c3sc3cc(-c5nc(-c6ccccc6)nc(-c6ccc(-c7ccccc7)cc6)n5)ccc34)n2)CC1. The minimum absolute atomic E-state index is 0.604. The van der Waals surface area contributed by atoms with Crippen LogP contribution in [0.15, 0.2) is 182 Å². The quantitative estimate of drug-likeness (QED) is 0.159. The molecule has 11 aromatic rings. The summed E-state index contributed by atoms with van der Waals surface area (Å²) in [5.74, 6) is 3.74. The van der Waals surface area contributed by atoms with Gasteiger partial charge in [0.05, 0.1) is 11.2 Å². The number of thiophene rings is 1. The first-order valence-electron chi connectivity index (χ1n) is 20.8. The molecule has 4 aromatic heterocycles. The molecule has 7 nitrogen and oxygen atoms in total. The van der Waals surface area contributed by atoms with E-state index in [1.165, 1.54) is 16.5 Å². The van der Waals surface area contributed by atoms with Gasteiger partial charge in [0.25, 0.3) is 0 Å². The second-order valence-electron chi connectivity index (χ2n) is 15.4. The number of benzene rings is 7. The number of hydrogen-bond donors (Lipinski definition) is 0. The van der Waals surface area contributed by atoms with E-state index in [0.717, 1.165) is 77.6 Å². The normalized spacial score (nSPS) is 12.3. The Hall–Kier alpha value is -7.94. The van der Waals surface area contributed by atoms with E-state index in [0.29, 0.717) is 35.1 Å². The molecule has 62 heavy (non-hydrogen) atoms. The van der Waals surface area contributed by atoms with Crippen molar-refractivity contribution >= 4 is 48.5 Å². The largest absolute Gasteiger partial charge is 0.278 e. The maximum atomic E-state index is 5.30. The molecule has 12 rings (SSSR count). The number of para-hydroxylation sites is 1. The third kappa shape index (κ3) is 6.28. The molecule has 0 radical (unpaired) electrons. The van der Waals surface area contributed by atoms with Crippen molar-refractivity contribution in [3.8, 4) is 74.0 Å². The van der Waals surface area contributed by atoms with Crippen LogP contribution in [0.1, 0.15) is 17.7 Å². The molecule has 0 aliphatic heterocycles. The summed E-state index contributed by atoms with van der Waals surface area (Å²) >= 11 is 1.73. The summed E-state index contributed by atoms with van der Waals surface area (Å²) < 4.78 is 4.43. The summed E-state index contributed by atoms with van der Waals surface area (Å²) in [5, 5.41) is 3.53. The number of aromatic nitrogens is 7. The van der Waals surface area contributed by atoms with Gasteiger partial charge in [0.2, 0.25) is 5.95 Å². The summed E-state index contributed by atoms with van der Waals surface area (Å²) in [6.07, 6.45) is 6.45. The Kier molecular flexibility index (Phi) is 8.67. The number of rotatable bonds is 7. The van der Waals surface area contributed by atoms with Gasteiger partial charge < -0.3 is 0 Å². The fourth-order valence-electron chi connectivity index (χ4n) is 8.61. The molecular formula is C54H35N7S. The van der Waals surface area contributed by atoms with Crippen LogP contribution in [0.4, 0.5) is 0 Å². The Labute approximate surface area is 361 Å². The van der Waals surface area contributed by atoms with Crippen molar-refractivity contribution in [2.45, 2.75) is 12.8 Å². The lowest BCUT2D eigenvalue weighted by atomic mass is 10.0. The predicted octanol–water partition coefficient (Wildman–Crippen LogP) is 13.3. The fourth-order valence-corrected chi connectivity index (χ4v) is 9.86. The molecule has 8 heteroatoms. The van der Waals surface area contributed by atoms with E-state index in [1.807, 2.05) is 54.6 Å². The highest BCUT2D eigenvalue weighted by atomic mass is 32.1. The Bertz CT molecular complexity index is 3500. The molecule has 0 unspecified atom stereocenters. The Morgan fingerprint density at radius 1 is 0.419 bits per heavy atom. The van der Waals surface area contributed by atoms with Gasteiger partial charge in [-0.15, -0.1) is 11.3 Å². The fraction of sp³-hybridized carbons (Fsp3) is 0.0370. The van der Waals surface area contributed by atoms with Crippen LogP contribution in [0, 0.1) is 0 Å². The van der Waals surface area contributed by atoms with E-state index in [9.17, 15) is 0 Å². The smallest absolute Gasteiger partial charge is 0.238 e. The highest BCUT2D eigenvalue weighted by molar-refractivity contribution is 7.26. The number of aryl methyl sites for hydroxylation is 1. The minimum atomic E-state index is 0.604. The van der Waals surface area contributed by atoms with E-state index in [1.54, 1.807) is 11.3 Å². The standard InChI is InChI=1S/C54H35N7S/c1-4-15-34(16-5-1)35-27-29-38(30-28-35)50-55-49(36-17-6-2-7-18-36)56-52(57-50)39-31-32-42-43-23-14-24-44(48(43)62-47(42)33-39)53-58-51(37-19-8-3-9-20-37)59-54(60-53)61-45-25-12-10-21-40(45)41-22-11-13-26-46(41)61/h1-10,12-21,23-33H,11,22H2. The van der Waals surface area contributed by atoms with Crippen LogP contribution in [0.25, 0.3) is 111 Å². The van der Waals surface area contributed by atoms with Crippen LogP contribution in [-0.2, 0) is 6.42 Å². The van der Waals surface area contributed by atoms with Crippen molar-refractivity contribution in [3.63, 3.8) is 0 Å². The molecule has 1 aliphatic rings. The van der Waals surface area contributed by atoms with Crippen molar-refractivity contribution in [2.75, 3.05) is 0 Å². The van der Waals surface area contributed by atoms with Gasteiger partial charge in [-0.05, 0) is 53.8 Å². The van der Waals surface area contributed by atoms with Gasteiger partial charge in [-0.25, -0.2) is 19.9 Å². The molecule has 4 heterocycles. The van der Waals surface area contributed by atoms with Crippen molar-refractivity contribution in [3.05, 3.63) is 193 Å². The lowest BCUT2D eigenvalue weighted by molar-refractivity contribution is 0.903. The van der Waals surface area contributed by atoms with E-state index < -0.39 is 0 Å². The zero-order valence-corrected chi connectivity index (χ0v) is 34.2. The average molecular weight is 814 g/mol. The predicted molar refractivity (Wildman–Crippen MR) is 253 cm³/mol. The van der Waals surface area contributed by atoms with E-state index in [-0.39, 0.29) is 0 Å². The van der Waals surface area contributed by atoms with Crippen LogP contribution < -0.4 is 0 Å². The van der Waals surface area contributed by atoms with Crippen LogP contribution in [0.2, 0.25) is 0 Å².